The Balaban J connectivity index is 1.30. The van der Waals surface area contributed by atoms with Gasteiger partial charge in [0.2, 0.25) is 0 Å². The van der Waals surface area contributed by atoms with Crippen LogP contribution in [0.5, 0.6) is 0 Å². The first-order valence-corrected chi connectivity index (χ1v) is 9.32. The Kier molecular flexibility index (Phi) is 4.68. The van der Waals surface area contributed by atoms with Crippen LogP contribution in [0.4, 0.5) is 4.79 Å². The molecule has 0 bridgehead atoms. The Morgan fingerprint density at radius 3 is 3.00 bits per heavy atom. The molecule has 1 aliphatic heterocycles. The number of rotatable bonds is 4. The molecule has 1 aliphatic carbocycles. The van der Waals surface area contributed by atoms with Gasteiger partial charge in [0.15, 0.2) is 5.82 Å². The third-order valence-corrected chi connectivity index (χ3v) is 5.35. The minimum absolute atomic E-state index is 0.129. The smallest absolute Gasteiger partial charge is 0.315 e. The van der Waals surface area contributed by atoms with Gasteiger partial charge in [-0.25, -0.2) is 4.79 Å². The van der Waals surface area contributed by atoms with Crippen molar-refractivity contribution >= 4 is 6.03 Å². The van der Waals surface area contributed by atoms with Crippen LogP contribution in [0.1, 0.15) is 54.4 Å². The molecular formula is C19H25N5O. The second-order valence-electron chi connectivity index (χ2n) is 6.99. The molecule has 6 heteroatoms. The van der Waals surface area contributed by atoms with E-state index in [1.54, 1.807) is 0 Å². The van der Waals surface area contributed by atoms with E-state index in [-0.39, 0.29) is 6.03 Å². The summed E-state index contributed by atoms with van der Waals surface area (Å²) in [7, 11) is 0. The van der Waals surface area contributed by atoms with Gasteiger partial charge in [0.1, 0.15) is 5.82 Å². The van der Waals surface area contributed by atoms with E-state index in [4.69, 9.17) is 0 Å². The Hall–Kier alpha value is -2.37. The number of aryl methyl sites for hydroxylation is 2. The molecule has 25 heavy (non-hydrogen) atoms. The van der Waals surface area contributed by atoms with Crippen molar-refractivity contribution in [3.63, 3.8) is 0 Å². The minimum Gasteiger partial charge on any atom is -0.338 e. The van der Waals surface area contributed by atoms with Crippen LogP contribution in [0.2, 0.25) is 0 Å². The highest BCUT2D eigenvalue weighted by Gasteiger charge is 2.20. The van der Waals surface area contributed by atoms with Gasteiger partial charge in [-0.05, 0) is 43.2 Å². The molecule has 1 unspecified atom stereocenters. The molecule has 0 saturated heterocycles. The third-order valence-electron chi connectivity index (χ3n) is 5.35. The number of fused-ring (bicyclic) bond motifs is 2. The van der Waals surface area contributed by atoms with Gasteiger partial charge in [0.25, 0.3) is 0 Å². The average molecular weight is 339 g/mol. The van der Waals surface area contributed by atoms with Crippen molar-refractivity contribution in [1.82, 2.24) is 25.4 Å². The fourth-order valence-corrected chi connectivity index (χ4v) is 4.00. The van der Waals surface area contributed by atoms with Crippen molar-refractivity contribution in [2.24, 2.45) is 0 Å². The number of benzene rings is 1. The highest BCUT2D eigenvalue weighted by atomic mass is 16.2. The Morgan fingerprint density at radius 1 is 1.12 bits per heavy atom. The van der Waals surface area contributed by atoms with Crippen molar-refractivity contribution in [3.05, 3.63) is 47.0 Å². The van der Waals surface area contributed by atoms with Crippen LogP contribution in [0.15, 0.2) is 24.3 Å². The summed E-state index contributed by atoms with van der Waals surface area (Å²) in [4.78, 5) is 12.2. The van der Waals surface area contributed by atoms with E-state index in [1.165, 1.54) is 24.0 Å². The number of urea groups is 1. The normalized spacial score (nSPS) is 19.0. The number of carbonyl (C=O) groups is 1. The average Bonchev–Trinajstić information content (AvgIpc) is 3.08. The summed E-state index contributed by atoms with van der Waals surface area (Å²) in [5, 5.41) is 14.4. The van der Waals surface area contributed by atoms with Gasteiger partial charge in [-0.1, -0.05) is 24.3 Å². The summed E-state index contributed by atoms with van der Waals surface area (Å²) in [5.41, 5.74) is 2.82. The van der Waals surface area contributed by atoms with Gasteiger partial charge in [-0.15, -0.1) is 10.2 Å². The number of carbonyl (C=O) groups excluding carboxylic acids is 1. The van der Waals surface area contributed by atoms with Gasteiger partial charge in [0, 0.05) is 25.4 Å². The highest BCUT2D eigenvalue weighted by molar-refractivity contribution is 5.73. The fraction of sp³-hybridized carbons (Fsp3) is 0.526. The van der Waals surface area contributed by atoms with Crippen LogP contribution >= 0.6 is 0 Å². The maximum atomic E-state index is 12.2. The predicted molar refractivity (Wildman–Crippen MR) is 95.3 cm³/mol. The Morgan fingerprint density at radius 2 is 2.04 bits per heavy atom. The maximum Gasteiger partial charge on any atom is 0.315 e. The summed E-state index contributed by atoms with van der Waals surface area (Å²) in [6, 6.07) is 8.46. The first-order chi connectivity index (χ1) is 12.3. The number of hydrogen-bond acceptors (Lipinski definition) is 3. The zero-order chi connectivity index (χ0) is 17.1. The lowest BCUT2D eigenvalue weighted by Crippen LogP contribution is -2.38. The maximum absolute atomic E-state index is 12.2. The van der Waals surface area contributed by atoms with Crippen molar-refractivity contribution in [1.29, 1.82) is 0 Å². The van der Waals surface area contributed by atoms with Crippen molar-refractivity contribution in [2.75, 3.05) is 6.54 Å². The topological polar surface area (TPSA) is 71.8 Å². The lowest BCUT2D eigenvalue weighted by atomic mass is 9.83. The molecule has 2 aliphatic rings. The monoisotopic (exact) mass is 339 g/mol. The van der Waals surface area contributed by atoms with E-state index in [2.05, 4.69) is 49.7 Å². The summed E-state index contributed by atoms with van der Waals surface area (Å²) in [6.07, 6.45) is 6.79. The summed E-state index contributed by atoms with van der Waals surface area (Å²) >= 11 is 0. The second-order valence-corrected chi connectivity index (χ2v) is 6.99. The molecule has 0 radical (unpaired) electrons. The van der Waals surface area contributed by atoms with E-state index < -0.39 is 0 Å². The molecule has 132 valence electrons. The minimum atomic E-state index is -0.129. The molecule has 2 heterocycles. The number of nitrogens with zero attached hydrogens (tertiary/aromatic N) is 3. The van der Waals surface area contributed by atoms with Crippen molar-refractivity contribution in [3.8, 4) is 0 Å². The van der Waals surface area contributed by atoms with E-state index in [1.807, 2.05) is 0 Å². The van der Waals surface area contributed by atoms with Crippen LogP contribution in [-0.2, 0) is 25.9 Å². The molecule has 6 nitrogen and oxygen atoms in total. The zero-order valence-corrected chi connectivity index (χ0v) is 14.5. The highest BCUT2D eigenvalue weighted by Crippen LogP contribution is 2.30. The molecule has 0 fully saturated rings. The zero-order valence-electron chi connectivity index (χ0n) is 14.5. The number of hydrogen-bond donors (Lipinski definition) is 2. The van der Waals surface area contributed by atoms with Gasteiger partial charge in [-0.2, -0.15) is 0 Å². The quantitative estimate of drug-likeness (QED) is 0.899. The van der Waals surface area contributed by atoms with Crippen LogP contribution in [-0.4, -0.2) is 27.3 Å². The van der Waals surface area contributed by atoms with Gasteiger partial charge >= 0.3 is 6.03 Å². The standard InChI is InChI=1S/C19H25N5O/c25-19(21-13-18-23-22-17-10-3-4-11-24(17)18)20-12-15-8-5-7-14-6-1-2-9-16(14)15/h1-2,6,9,15H,3-5,7-8,10-13H2,(H2,20,21,25). The Bertz CT molecular complexity index is 754. The van der Waals surface area contributed by atoms with Crippen LogP contribution < -0.4 is 10.6 Å². The molecule has 2 amide bonds. The van der Waals surface area contributed by atoms with Gasteiger partial charge in [0.05, 0.1) is 6.54 Å². The Labute approximate surface area is 148 Å². The molecule has 0 saturated carbocycles. The predicted octanol–water partition coefficient (Wildman–Crippen LogP) is 2.53. The van der Waals surface area contributed by atoms with Crippen molar-refractivity contribution in [2.45, 2.75) is 57.5 Å². The SMILES string of the molecule is O=C(NCc1nnc2n1CCCC2)NCC1CCCc2ccccc21. The van der Waals surface area contributed by atoms with E-state index in [0.29, 0.717) is 19.0 Å². The summed E-state index contributed by atoms with van der Waals surface area (Å²) < 4.78 is 2.14. The molecule has 2 N–H and O–H groups in total. The molecule has 1 aromatic heterocycles. The van der Waals surface area contributed by atoms with E-state index in [0.717, 1.165) is 43.9 Å². The lowest BCUT2D eigenvalue weighted by molar-refractivity contribution is 0.239. The number of amides is 2. The van der Waals surface area contributed by atoms with Crippen LogP contribution in [0.25, 0.3) is 0 Å². The lowest BCUT2D eigenvalue weighted by Gasteiger charge is -2.25. The largest absolute Gasteiger partial charge is 0.338 e. The molecule has 0 spiro atoms. The molecular weight excluding hydrogens is 314 g/mol. The van der Waals surface area contributed by atoms with Crippen LogP contribution in [0.3, 0.4) is 0 Å². The third kappa shape index (κ3) is 3.52. The van der Waals surface area contributed by atoms with Gasteiger partial charge < -0.3 is 15.2 Å². The molecule has 2 aromatic rings. The first-order valence-electron chi connectivity index (χ1n) is 9.32. The summed E-state index contributed by atoms with van der Waals surface area (Å²) in [5.74, 6) is 2.31. The number of nitrogens with one attached hydrogen (secondary N) is 2. The molecule has 1 atom stereocenters. The first kappa shape index (κ1) is 16.1. The fourth-order valence-electron chi connectivity index (χ4n) is 4.00. The molecule has 4 rings (SSSR count). The van der Waals surface area contributed by atoms with E-state index >= 15 is 0 Å². The van der Waals surface area contributed by atoms with Crippen molar-refractivity contribution < 1.29 is 4.79 Å². The number of aromatic nitrogens is 3. The summed E-state index contributed by atoms with van der Waals surface area (Å²) in [6.45, 7) is 2.07. The van der Waals surface area contributed by atoms with E-state index in [9.17, 15) is 4.79 Å². The van der Waals surface area contributed by atoms with Crippen LogP contribution in [0, 0.1) is 0 Å². The molecule has 1 aromatic carbocycles. The van der Waals surface area contributed by atoms with Gasteiger partial charge in [-0.3, -0.25) is 0 Å². The second kappa shape index (κ2) is 7.25.